The third kappa shape index (κ3) is 2.52. The number of nitro groups is 1. The molecule has 0 heterocycles. The molecule has 1 N–H and O–H groups in total. The molecule has 1 rings (SSSR count). The molecule has 1 aromatic carbocycles. The molecule has 5 heteroatoms. The number of non-ortho nitro benzene ring substituents is 1. The van der Waals surface area contributed by atoms with Crippen molar-refractivity contribution in [2.45, 2.75) is 13.0 Å². The van der Waals surface area contributed by atoms with Crippen LogP contribution >= 0.6 is 0 Å². The van der Waals surface area contributed by atoms with Crippen molar-refractivity contribution in [1.82, 2.24) is 0 Å². The average molecular weight is 221 g/mol. The standard InChI is InChI=1S/C11H11NO4/c1-7(8(2)13)11(14)9-3-5-10(6-4-9)12(15)16/h3-6,11,14H,1H2,2H3/t11-/m0/s1. The molecule has 0 aliphatic heterocycles. The van der Waals surface area contributed by atoms with Gasteiger partial charge < -0.3 is 5.11 Å². The molecule has 1 aromatic rings. The Morgan fingerprint density at radius 1 is 1.44 bits per heavy atom. The quantitative estimate of drug-likeness (QED) is 0.477. The van der Waals surface area contributed by atoms with Crippen molar-refractivity contribution in [3.63, 3.8) is 0 Å². The van der Waals surface area contributed by atoms with Crippen LogP contribution in [0.3, 0.4) is 0 Å². The van der Waals surface area contributed by atoms with Crippen molar-refractivity contribution in [2.75, 3.05) is 0 Å². The molecule has 1 atom stereocenters. The highest BCUT2D eigenvalue weighted by molar-refractivity contribution is 5.93. The molecule has 0 spiro atoms. The topological polar surface area (TPSA) is 80.4 Å². The Balaban J connectivity index is 2.94. The van der Waals surface area contributed by atoms with Crippen LogP contribution in [0, 0.1) is 10.1 Å². The second-order valence-corrected chi connectivity index (χ2v) is 3.33. The SMILES string of the molecule is C=C(C(C)=O)[C@H](O)c1ccc([N+](=O)[O-])cc1. The first-order chi connectivity index (χ1) is 7.43. The first-order valence-electron chi connectivity index (χ1n) is 4.55. The molecule has 0 aliphatic carbocycles. The Kier molecular flexibility index (Phi) is 3.52. The number of carbonyl (C=O) groups is 1. The number of nitro benzene ring substituents is 1. The lowest BCUT2D eigenvalue weighted by molar-refractivity contribution is -0.384. The molecule has 16 heavy (non-hydrogen) atoms. The van der Waals surface area contributed by atoms with Gasteiger partial charge in [-0.1, -0.05) is 6.58 Å². The van der Waals surface area contributed by atoms with E-state index in [0.29, 0.717) is 5.56 Å². The number of hydrogen-bond acceptors (Lipinski definition) is 4. The molecule has 0 saturated carbocycles. The van der Waals surface area contributed by atoms with E-state index in [1.54, 1.807) is 0 Å². The zero-order valence-electron chi connectivity index (χ0n) is 8.71. The van der Waals surface area contributed by atoms with Crippen LogP contribution in [-0.4, -0.2) is 15.8 Å². The van der Waals surface area contributed by atoms with E-state index in [-0.39, 0.29) is 17.0 Å². The van der Waals surface area contributed by atoms with Gasteiger partial charge in [-0.25, -0.2) is 0 Å². The lowest BCUT2D eigenvalue weighted by Crippen LogP contribution is -2.07. The van der Waals surface area contributed by atoms with Crippen molar-refractivity contribution < 1.29 is 14.8 Å². The Morgan fingerprint density at radius 3 is 2.31 bits per heavy atom. The van der Waals surface area contributed by atoms with Crippen LogP contribution in [0.25, 0.3) is 0 Å². The summed E-state index contributed by atoms with van der Waals surface area (Å²) in [5.74, 6) is -0.314. The van der Waals surface area contributed by atoms with Gasteiger partial charge in [-0.05, 0) is 24.6 Å². The van der Waals surface area contributed by atoms with E-state index in [1.165, 1.54) is 31.2 Å². The largest absolute Gasteiger partial charge is 0.384 e. The van der Waals surface area contributed by atoms with Crippen molar-refractivity contribution >= 4 is 11.5 Å². The summed E-state index contributed by atoms with van der Waals surface area (Å²) in [6.45, 7) is 4.76. The summed E-state index contributed by atoms with van der Waals surface area (Å²) >= 11 is 0. The highest BCUT2D eigenvalue weighted by Gasteiger charge is 2.16. The van der Waals surface area contributed by atoms with Gasteiger partial charge in [0.25, 0.3) is 5.69 Å². The van der Waals surface area contributed by atoms with Gasteiger partial charge in [0.2, 0.25) is 0 Å². The summed E-state index contributed by atoms with van der Waals surface area (Å²) in [6.07, 6.45) is -1.11. The van der Waals surface area contributed by atoms with E-state index in [2.05, 4.69) is 6.58 Å². The number of aliphatic hydroxyl groups is 1. The molecule has 0 bridgehead atoms. The molecular weight excluding hydrogens is 210 g/mol. The number of aliphatic hydroxyl groups excluding tert-OH is 1. The van der Waals surface area contributed by atoms with Crippen LogP contribution in [0.1, 0.15) is 18.6 Å². The normalized spacial score (nSPS) is 11.9. The van der Waals surface area contributed by atoms with Gasteiger partial charge >= 0.3 is 0 Å². The van der Waals surface area contributed by atoms with Gasteiger partial charge in [-0.15, -0.1) is 0 Å². The number of Topliss-reactive ketones (excluding diaryl/α,β-unsaturated/α-hetero) is 1. The molecule has 0 aromatic heterocycles. The van der Waals surface area contributed by atoms with Gasteiger partial charge in [0.1, 0.15) is 6.10 Å². The fourth-order valence-electron chi connectivity index (χ4n) is 1.17. The molecule has 0 aliphatic rings. The molecule has 0 amide bonds. The number of nitrogens with zero attached hydrogens (tertiary/aromatic N) is 1. The van der Waals surface area contributed by atoms with Crippen LogP contribution in [-0.2, 0) is 4.79 Å². The summed E-state index contributed by atoms with van der Waals surface area (Å²) in [6, 6.07) is 5.34. The zero-order chi connectivity index (χ0) is 12.3. The third-order valence-electron chi connectivity index (χ3n) is 2.20. The Labute approximate surface area is 92.2 Å². The third-order valence-corrected chi connectivity index (χ3v) is 2.20. The Morgan fingerprint density at radius 2 is 1.94 bits per heavy atom. The predicted octanol–water partition coefficient (Wildman–Crippen LogP) is 1.77. The summed E-state index contributed by atoms with van der Waals surface area (Å²) < 4.78 is 0. The van der Waals surface area contributed by atoms with Gasteiger partial charge in [0, 0.05) is 17.7 Å². The maximum Gasteiger partial charge on any atom is 0.269 e. The van der Waals surface area contributed by atoms with Crippen molar-refractivity contribution in [3.05, 3.63) is 52.1 Å². The maximum atomic E-state index is 11.0. The monoisotopic (exact) mass is 221 g/mol. The van der Waals surface area contributed by atoms with Crippen LogP contribution in [0.15, 0.2) is 36.4 Å². The van der Waals surface area contributed by atoms with Gasteiger partial charge in [-0.3, -0.25) is 14.9 Å². The van der Waals surface area contributed by atoms with E-state index in [0.717, 1.165) is 0 Å². The minimum absolute atomic E-state index is 0.0638. The highest BCUT2D eigenvalue weighted by atomic mass is 16.6. The van der Waals surface area contributed by atoms with E-state index < -0.39 is 11.0 Å². The molecule has 0 unspecified atom stereocenters. The van der Waals surface area contributed by atoms with Gasteiger partial charge in [0.05, 0.1) is 4.92 Å². The summed E-state index contributed by atoms with van der Waals surface area (Å²) in [4.78, 5) is 20.8. The smallest absolute Gasteiger partial charge is 0.269 e. The first kappa shape index (κ1) is 12.1. The second-order valence-electron chi connectivity index (χ2n) is 3.33. The van der Waals surface area contributed by atoms with Crippen LogP contribution in [0.4, 0.5) is 5.69 Å². The fraction of sp³-hybridized carbons (Fsp3) is 0.182. The van der Waals surface area contributed by atoms with E-state index in [1.807, 2.05) is 0 Å². The number of rotatable bonds is 4. The molecule has 5 nitrogen and oxygen atoms in total. The maximum absolute atomic E-state index is 11.0. The summed E-state index contributed by atoms with van der Waals surface area (Å²) in [5.41, 5.74) is 0.407. The molecule has 0 fully saturated rings. The predicted molar refractivity (Wildman–Crippen MR) is 57.9 cm³/mol. The summed E-state index contributed by atoms with van der Waals surface area (Å²) in [7, 11) is 0. The van der Waals surface area contributed by atoms with Crippen molar-refractivity contribution in [1.29, 1.82) is 0 Å². The molecule has 84 valence electrons. The number of carbonyl (C=O) groups excluding carboxylic acids is 1. The lowest BCUT2D eigenvalue weighted by Gasteiger charge is -2.11. The molecule has 0 saturated heterocycles. The van der Waals surface area contributed by atoms with E-state index in [4.69, 9.17) is 0 Å². The zero-order valence-corrected chi connectivity index (χ0v) is 8.71. The Hall–Kier alpha value is -2.01. The highest BCUT2D eigenvalue weighted by Crippen LogP contribution is 2.22. The van der Waals surface area contributed by atoms with Gasteiger partial charge in [-0.2, -0.15) is 0 Å². The van der Waals surface area contributed by atoms with Crippen molar-refractivity contribution in [3.8, 4) is 0 Å². The lowest BCUT2D eigenvalue weighted by atomic mass is 10.0. The molecule has 0 radical (unpaired) electrons. The second kappa shape index (κ2) is 4.67. The average Bonchev–Trinajstić information content (AvgIpc) is 2.27. The number of benzene rings is 1. The van der Waals surface area contributed by atoms with Crippen LogP contribution in [0.5, 0.6) is 0 Å². The molecular formula is C11H11NO4. The first-order valence-corrected chi connectivity index (χ1v) is 4.55. The minimum atomic E-state index is -1.11. The Bertz CT molecular complexity index is 436. The summed E-state index contributed by atoms with van der Waals surface area (Å²) in [5, 5.41) is 20.1. The number of ketones is 1. The van der Waals surface area contributed by atoms with Crippen LogP contribution < -0.4 is 0 Å². The van der Waals surface area contributed by atoms with E-state index in [9.17, 15) is 20.0 Å². The van der Waals surface area contributed by atoms with E-state index >= 15 is 0 Å². The van der Waals surface area contributed by atoms with Gasteiger partial charge in [0.15, 0.2) is 5.78 Å². The van der Waals surface area contributed by atoms with Crippen molar-refractivity contribution in [2.24, 2.45) is 0 Å². The fourth-order valence-corrected chi connectivity index (χ4v) is 1.17. The number of hydrogen-bond donors (Lipinski definition) is 1. The van der Waals surface area contributed by atoms with Crippen LogP contribution in [0.2, 0.25) is 0 Å². The minimum Gasteiger partial charge on any atom is -0.384 e.